The number of fused-ring (bicyclic) bond motifs is 1. The van der Waals surface area contributed by atoms with Gasteiger partial charge in [0.05, 0.1) is 12.1 Å². The first-order valence-corrected chi connectivity index (χ1v) is 9.26. The number of guanidine groups is 1. The molecular formula is C19H18N6OS. The molecule has 0 fully saturated rings. The number of aliphatic imine (C=N–C) groups is 1. The molecule has 0 aliphatic carbocycles. The van der Waals surface area contributed by atoms with Crippen molar-refractivity contribution < 1.29 is 4.42 Å². The van der Waals surface area contributed by atoms with E-state index in [9.17, 15) is 0 Å². The van der Waals surface area contributed by atoms with E-state index in [0.717, 1.165) is 16.5 Å². The zero-order valence-electron chi connectivity index (χ0n) is 14.4. The summed E-state index contributed by atoms with van der Waals surface area (Å²) in [6.45, 7) is 0.884. The van der Waals surface area contributed by atoms with Gasteiger partial charge in [0, 0.05) is 23.5 Å². The molecule has 8 heteroatoms. The summed E-state index contributed by atoms with van der Waals surface area (Å²) in [6, 6.07) is 13.7. The molecule has 0 atom stereocenters. The maximum absolute atomic E-state index is 6.02. The zero-order valence-corrected chi connectivity index (χ0v) is 15.2. The molecule has 4 aromatic rings. The van der Waals surface area contributed by atoms with E-state index in [1.807, 2.05) is 47.8 Å². The Labute approximate surface area is 159 Å². The highest BCUT2D eigenvalue weighted by molar-refractivity contribution is 7.13. The average molecular weight is 378 g/mol. The van der Waals surface area contributed by atoms with Crippen LogP contribution in [0.5, 0.6) is 0 Å². The van der Waals surface area contributed by atoms with Crippen LogP contribution in [0.1, 0.15) is 11.3 Å². The number of hydrogen-bond donors (Lipinski definition) is 3. The van der Waals surface area contributed by atoms with E-state index >= 15 is 0 Å². The molecule has 0 bridgehead atoms. The van der Waals surface area contributed by atoms with Gasteiger partial charge in [-0.2, -0.15) is 4.99 Å². The first kappa shape index (κ1) is 17.2. The lowest BCUT2D eigenvalue weighted by molar-refractivity contribution is 0.524. The van der Waals surface area contributed by atoms with Crippen molar-refractivity contribution in [3.63, 3.8) is 0 Å². The van der Waals surface area contributed by atoms with E-state index in [1.165, 1.54) is 11.3 Å². The number of furan rings is 1. The van der Waals surface area contributed by atoms with Crippen LogP contribution in [-0.2, 0) is 13.1 Å². The highest BCUT2D eigenvalue weighted by atomic mass is 32.1. The summed E-state index contributed by atoms with van der Waals surface area (Å²) in [5, 5.41) is 6.63. The van der Waals surface area contributed by atoms with Crippen molar-refractivity contribution in [3.8, 4) is 11.5 Å². The fraction of sp³-hybridized carbons (Fsp3) is 0.105. The summed E-state index contributed by atoms with van der Waals surface area (Å²) in [5.74, 6) is 1.68. The molecule has 3 heterocycles. The second-order valence-electron chi connectivity index (χ2n) is 5.83. The Bertz CT molecular complexity index is 1090. The monoisotopic (exact) mass is 378 g/mol. The van der Waals surface area contributed by atoms with Crippen LogP contribution in [0.4, 0.5) is 5.13 Å². The maximum atomic E-state index is 6.02. The number of benzene rings is 1. The van der Waals surface area contributed by atoms with E-state index < -0.39 is 0 Å². The van der Waals surface area contributed by atoms with Gasteiger partial charge >= 0.3 is 0 Å². The predicted octanol–water partition coefficient (Wildman–Crippen LogP) is 3.15. The number of hydrogen-bond acceptors (Lipinski definition) is 6. The maximum Gasteiger partial charge on any atom is 0.212 e. The van der Waals surface area contributed by atoms with E-state index in [1.54, 1.807) is 6.20 Å². The number of aromatic nitrogens is 2. The molecule has 5 N–H and O–H groups in total. The molecule has 1 aromatic carbocycles. The van der Waals surface area contributed by atoms with Crippen LogP contribution < -0.4 is 16.8 Å². The highest BCUT2D eigenvalue weighted by Gasteiger charge is 2.09. The summed E-state index contributed by atoms with van der Waals surface area (Å²) < 4.78 is 5.60. The Morgan fingerprint density at radius 3 is 2.93 bits per heavy atom. The minimum Gasteiger partial charge on any atom is -0.458 e. The third-order valence-electron chi connectivity index (χ3n) is 4.00. The van der Waals surface area contributed by atoms with Gasteiger partial charge in [0.2, 0.25) is 5.13 Å². The summed E-state index contributed by atoms with van der Waals surface area (Å²) in [5.41, 5.74) is 14.3. The van der Waals surface area contributed by atoms with Gasteiger partial charge in [0.15, 0.2) is 11.7 Å². The van der Waals surface area contributed by atoms with Crippen molar-refractivity contribution in [2.45, 2.75) is 13.1 Å². The minimum absolute atomic E-state index is 0.297. The molecule has 27 heavy (non-hydrogen) atoms. The lowest BCUT2D eigenvalue weighted by atomic mass is 10.1. The summed E-state index contributed by atoms with van der Waals surface area (Å²) >= 11 is 1.39. The number of thiazole rings is 1. The normalized spacial score (nSPS) is 11.8. The van der Waals surface area contributed by atoms with Gasteiger partial charge in [-0.1, -0.05) is 24.3 Å². The Balaban J connectivity index is 1.46. The van der Waals surface area contributed by atoms with Gasteiger partial charge in [-0.25, -0.2) is 4.98 Å². The van der Waals surface area contributed by atoms with Crippen molar-refractivity contribution in [2.75, 3.05) is 0 Å². The third-order valence-corrected chi connectivity index (χ3v) is 4.73. The van der Waals surface area contributed by atoms with Gasteiger partial charge in [-0.15, -0.1) is 11.3 Å². The molecule has 0 amide bonds. The fourth-order valence-electron chi connectivity index (χ4n) is 2.69. The van der Waals surface area contributed by atoms with Crippen molar-refractivity contribution in [1.29, 1.82) is 0 Å². The molecule has 0 spiro atoms. The van der Waals surface area contributed by atoms with Crippen LogP contribution in [0.25, 0.3) is 22.4 Å². The van der Waals surface area contributed by atoms with Gasteiger partial charge in [0.25, 0.3) is 0 Å². The van der Waals surface area contributed by atoms with Crippen LogP contribution in [-0.4, -0.2) is 15.9 Å². The third kappa shape index (κ3) is 3.81. The molecule has 0 aliphatic heterocycles. The quantitative estimate of drug-likeness (QED) is 0.363. The van der Waals surface area contributed by atoms with Crippen LogP contribution in [0.15, 0.2) is 63.5 Å². The first-order valence-electron chi connectivity index (χ1n) is 8.38. The number of nitrogens with two attached hydrogens (primary N) is 2. The topological polar surface area (TPSA) is 115 Å². The zero-order chi connectivity index (χ0) is 18.6. The molecule has 0 saturated carbocycles. The van der Waals surface area contributed by atoms with E-state index in [-0.39, 0.29) is 0 Å². The summed E-state index contributed by atoms with van der Waals surface area (Å²) in [4.78, 5) is 13.2. The predicted molar refractivity (Wildman–Crippen MR) is 108 cm³/mol. The fourth-order valence-corrected chi connectivity index (χ4v) is 3.38. The Hall–Kier alpha value is -3.23. The Kier molecular flexibility index (Phi) is 4.82. The van der Waals surface area contributed by atoms with E-state index in [4.69, 9.17) is 15.9 Å². The Morgan fingerprint density at radius 2 is 2.07 bits per heavy atom. The van der Waals surface area contributed by atoms with Crippen molar-refractivity contribution in [2.24, 2.45) is 16.5 Å². The van der Waals surface area contributed by atoms with Gasteiger partial charge in [-0.05, 0) is 23.8 Å². The van der Waals surface area contributed by atoms with Crippen molar-refractivity contribution in [3.05, 3.63) is 65.4 Å². The molecule has 136 valence electrons. The first-order chi connectivity index (χ1) is 13.2. The lowest BCUT2D eigenvalue weighted by Crippen LogP contribution is -2.30. The van der Waals surface area contributed by atoms with Gasteiger partial charge < -0.3 is 21.2 Å². The summed E-state index contributed by atoms with van der Waals surface area (Å²) in [7, 11) is 0. The Morgan fingerprint density at radius 1 is 1.19 bits per heavy atom. The molecule has 0 unspecified atom stereocenters. The van der Waals surface area contributed by atoms with Crippen LogP contribution in [0.3, 0.4) is 0 Å². The van der Waals surface area contributed by atoms with E-state index in [2.05, 4.69) is 20.3 Å². The number of rotatable bonds is 5. The van der Waals surface area contributed by atoms with Crippen LogP contribution in [0, 0.1) is 0 Å². The van der Waals surface area contributed by atoms with Crippen LogP contribution in [0.2, 0.25) is 0 Å². The lowest BCUT2D eigenvalue weighted by Gasteiger charge is -2.07. The number of nitrogens with zero attached hydrogens (tertiary/aromatic N) is 3. The molecule has 0 saturated heterocycles. The van der Waals surface area contributed by atoms with Crippen LogP contribution >= 0.6 is 11.3 Å². The molecule has 4 rings (SSSR count). The second-order valence-corrected chi connectivity index (χ2v) is 6.66. The average Bonchev–Trinajstić information content (AvgIpc) is 3.35. The largest absolute Gasteiger partial charge is 0.458 e. The number of nitrogens with one attached hydrogen (secondary N) is 1. The number of pyridine rings is 1. The van der Waals surface area contributed by atoms with E-state index in [0.29, 0.717) is 41.4 Å². The van der Waals surface area contributed by atoms with Gasteiger partial charge in [-0.3, -0.25) is 4.98 Å². The minimum atomic E-state index is 0.297. The molecule has 0 aliphatic rings. The SMILES string of the molecule is NCc1ccc(-c2csc(/N=C(\N)NCc3cccc4cccnc34)n2)o1. The highest BCUT2D eigenvalue weighted by Crippen LogP contribution is 2.28. The van der Waals surface area contributed by atoms with Crippen molar-refractivity contribution in [1.82, 2.24) is 15.3 Å². The molecule has 3 aromatic heterocycles. The molecule has 7 nitrogen and oxygen atoms in total. The summed E-state index contributed by atoms with van der Waals surface area (Å²) in [6.07, 6.45) is 1.78. The smallest absolute Gasteiger partial charge is 0.212 e. The van der Waals surface area contributed by atoms with Gasteiger partial charge in [0.1, 0.15) is 11.5 Å². The number of para-hydroxylation sites is 1. The molecule has 0 radical (unpaired) electrons. The second kappa shape index (κ2) is 7.56. The van der Waals surface area contributed by atoms with Crippen molar-refractivity contribution >= 4 is 33.3 Å². The standard InChI is InChI=1S/C19H18N6OS/c20-9-14-6-7-16(26-14)15-11-27-19(24-15)25-18(21)23-10-13-4-1-3-12-5-2-8-22-17(12)13/h1-8,11H,9-10,20H2,(H3,21,23,24,25). The molecular weight excluding hydrogens is 360 g/mol.